The van der Waals surface area contributed by atoms with Gasteiger partial charge in [-0.25, -0.2) is 19.2 Å². The minimum Gasteiger partial charge on any atom is -0.348 e. The molecule has 1 aromatic heterocycles. The lowest BCUT2D eigenvalue weighted by Crippen LogP contribution is -2.49. The Morgan fingerprint density at radius 2 is 1.71 bits per heavy atom. The van der Waals surface area contributed by atoms with E-state index in [4.69, 9.17) is 0 Å². The lowest BCUT2D eigenvalue weighted by atomic mass is 9.99. The zero-order chi connectivity index (χ0) is 25.0. The van der Waals surface area contributed by atoms with Gasteiger partial charge in [0.05, 0.1) is 17.3 Å². The molecule has 3 aromatic rings. The van der Waals surface area contributed by atoms with E-state index in [2.05, 4.69) is 31.2 Å². The van der Waals surface area contributed by atoms with Gasteiger partial charge in [-0.15, -0.1) is 0 Å². The summed E-state index contributed by atoms with van der Waals surface area (Å²) in [6, 6.07) is 11.0. The molecule has 9 nitrogen and oxygen atoms in total. The normalized spacial score (nSPS) is 14.4. The van der Waals surface area contributed by atoms with Crippen molar-refractivity contribution in [2.45, 2.75) is 31.3 Å². The molecule has 0 unspecified atom stereocenters. The number of nitrogens with one attached hydrogen (secondary N) is 4. The van der Waals surface area contributed by atoms with Gasteiger partial charge >= 0.3 is 6.03 Å². The van der Waals surface area contributed by atoms with Crippen molar-refractivity contribution in [2.24, 2.45) is 0 Å². The molecule has 180 valence electrons. The van der Waals surface area contributed by atoms with E-state index in [0.29, 0.717) is 24.0 Å². The number of para-hydroxylation sites is 1. The average Bonchev–Trinajstić information content (AvgIpc) is 3.66. The maximum atomic E-state index is 14.4. The van der Waals surface area contributed by atoms with Crippen LogP contribution in [0.2, 0.25) is 0 Å². The molecule has 35 heavy (non-hydrogen) atoms. The lowest BCUT2D eigenvalue weighted by Gasteiger charge is -2.21. The number of rotatable bonds is 7. The van der Waals surface area contributed by atoms with E-state index in [9.17, 15) is 18.8 Å². The average molecular weight is 477 g/mol. The number of aromatic nitrogens is 2. The fraction of sp³-hybridized carbons (Fsp3) is 0.240. The van der Waals surface area contributed by atoms with E-state index in [1.807, 2.05) is 19.1 Å². The smallest absolute Gasteiger partial charge is 0.319 e. The first-order valence-corrected chi connectivity index (χ1v) is 11.1. The number of hydrogen-bond acceptors (Lipinski definition) is 5. The molecule has 1 saturated carbocycles. The third kappa shape index (κ3) is 5.26. The monoisotopic (exact) mass is 476 g/mol. The minimum absolute atomic E-state index is 0.0798. The van der Waals surface area contributed by atoms with E-state index >= 15 is 0 Å². The Morgan fingerprint density at radius 1 is 1.03 bits per heavy atom. The number of hydrogen-bond donors (Lipinski definition) is 4. The number of urea groups is 1. The van der Waals surface area contributed by atoms with Crippen molar-refractivity contribution >= 4 is 23.5 Å². The summed E-state index contributed by atoms with van der Waals surface area (Å²) in [6.45, 7) is 1.84. The number of benzene rings is 2. The van der Waals surface area contributed by atoms with Crippen LogP contribution >= 0.6 is 0 Å². The van der Waals surface area contributed by atoms with Crippen LogP contribution in [-0.2, 0) is 4.79 Å². The van der Waals surface area contributed by atoms with Crippen LogP contribution in [0, 0.1) is 5.82 Å². The Balaban J connectivity index is 1.44. The third-order valence-corrected chi connectivity index (χ3v) is 5.91. The summed E-state index contributed by atoms with van der Waals surface area (Å²) >= 11 is 0. The van der Waals surface area contributed by atoms with Gasteiger partial charge in [0.25, 0.3) is 5.91 Å². The molecule has 2 aromatic carbocycles. The molecule has 10 heteroatoms. The van der Waals surface area contributed by atoms with Gasteiger partial charge in [-0.2, -0.15) is 0 Å². The van der Waals surface area contributed by atoms with Crippen molar-refractivity contribution in [3.05, 3.63) is 78.1 Å². The number of carbonyl (C=O) groups excluding carboxylic acids is 3. The molecule has 0 aliphatic heterocycles. The second kappa shape index (κ2) is 9.88. The highest BCUT2D eigenvalue weighted by molar-refractivity contribution is 6.00. The van der Waals surface area contributed by atoms with E-state index in [1.165, 1.54) is 31.8 Å². The second-order valence-corrected chi connectivity index (χ2v) is 8.35. The van der Waals surface area contributed by atoms with Gasteiger partial charge in [-0.3, -0.25) is 9.59 Å². The summed E-state index contributed by atoms with van der Waals surface area (Å²) < 4.78 is 14.4. The van der Waals surface area contributed by atoms with Gasteiger partial charge < -0.3 is 21.3 Å². The van der Waals surface area contributed by atoms with E-state index in [-0.39, 0.29) is 23.2 Å². The number of carbonyl (C=O) groups is 3. The van der Waals surface area contributed by atoms with Crippen molar-refractivity contribution in [2.75, 3.05) is 12.4 Å². The van der Waals surface area contributed by atoms with Crippen molar-refractivity contribution < 1.29 is 18.8 Å². The maximum Gasteiger partial charge on any atom is 0.319 e. The van der Waals surface area contributed by atoms with Gasteiger partial charge in [0.1, 0.15) is 17.7 Å². The predicted octanol–water partition coefficient (Wildman–Crippen LogP) is 3.17. The highest BCUT2D eigenvalue weighted by Crippen LogP contribution is 2.37. The Hall–Kier alpha value is -4.34. The standard InChI is InChI=1S/C25H25FN6O3/c1-15(30-23(34)25(10-11-25)32-22(33)18-12-28-14-29-13-18)16-6-8-17(9-7-16)19-4-3-5-20(26)21(19)31-24(35)27-2/h3-9,12-15H,10-11H2,1-2H3,(H,30,34)(H,32,33)(H2,27,31,35)/t15-/m1/s1. The predicted molar refractivity (Wildman–Crippen MR) is 128 cm³/mol. The summed E-state index contributed by atoms with van der Waals surface area (Å²) in [4.78, 5) is 44.8. The molecule has 0 saturated heterocycles. The molecule has 1 heterocycles. The molecule has 1 aliphatic carbocycles. The summed E-state index contributed by atoms with van der Waals surface area (Å²) in [5.74, 6) is -1.21. The summed E-state index contributed by atoms with van der Waals surface area (Å²) in [7, 11) is 1.45. The number of amides is 4. The Kier molecular flexibility index (Phi) is 6.72. The quantitative estimate of drug-likeness (QED) is 0.417. The van der Waals surface area contributed by atoms with Crippen molar-refractivity contribution in [1.29, 1.82) is 0 Å². The lowest BCUT2D eigenvalue weighted by molar-refractivity contribution is -0.124. The molecule has 1 aliphatic rings. The van der Waals surface area contributed by atoms with E-state index < -0.39 is 23.3 Å². The van der Waals surface area contributed by atoms with Gasteiger partial charge in [-0.1, -0.05) is 36.4 Å². The summed E-state index contributed by atoms with van der Waals surface area (Å²) in [6.07, 6.45) is 5.22. The molecule has 4 rings (SSSR count). The Labute approximate surface area is 201 Å². The SMILES string of the molecule is CNC(=O)Nc1c(F)cccc1-c1ccc([C@@H](C)NC(=O)C2(NC(=O)c3cncnc3)CC2)cc1. The molecule has 0 bridgehead atoms. The van der Waals surface area contributed by atoms with Crippen LogP contribution in [0.25, 0.3) is 11.1 Å². The molecular weight excluding hydrogens is 451 g/mol. The van der Waals surface area contributed by atoms with Gasteiger partial charge in [-0.05, 0) is 37.0 Å². The van der Waals surface area contributed by atoms with Crippen molar-refractivity contribution in [3.63, 3.8) is 0 Å². The van der Waals surface area contributed by atoms with Crippen LogP contribution in [0.15, 0.2) is 61.2 Å². The van der Waals surface area contributed by atoms with Crippen LogP contribution in [0.5, 0.6) is 0 Å². The van der Waals surface area contributed by atoms with Crippen LogP contribution in [0.1, 0.15) is 41.7 Å². The maximum absolute atomic E-state index is 14.4. The first kappa shape index (κ1) is 23.8. The third-order valence-electron chi connectivity index (χ3n) is 5.91. The van der Waals surface area contributed by atoms with Gasteiger partial charge in [0.15, 0.2) is 0 Å². The molecule has 4 amide bonds. The van der Waals surface area contributed by atoms with Crippen molar-refractivity contribution in [3.8, 4) is 11.1 Å². The van der Waals surface area contributed by atoms with Crippen LogP contribution < -0.4 is 21.3 Å². The van der Waals surface area contributed by atoms with Crippen LogP contribution in [0.4, 0.5) is 14.9 Å². The van der Waals surface area contributed by atoms with Gasteiger partial charge in [0, 0.05) is 25.0 Å². The van der Waals surface area contributed by atoms with Crippen LogP contribution in [0.3, 0.4) is 0 Å². The number of halogens is 1. The van der Waals surface area contributed by atoms with E-state index in [0.717, 1.165) is 5.56 Å². The first-order chi connectivity index (χ1) is 16.8. The molecule has 0 radical (unpaired) electrons. The first-order valence-electron chi connectivity index (χ1n) is 11.1. The summed E-state index contributed by atoms with van der Waals surface area (Å²) in [5.41, 5.74) is 1.49. The zero-order valence-corrected chi connectivity index (χ0v) is 19.3. The van der Waals surface area contributed by atoms with E-state index in [1.54, 1.807) is 24.3 Å². The van der Waals surface area contributed by atoms with Crippen LogP contribution in [-0.4, -0.2) is 40.4 Å². The highest BCUT2D eigenvalue weighted by Gasteiger charge is 2.51. The minimum atomic E-state index is -0.941. The molecule has 4 N–H and O–H groups in total. The molecule has 1 atom stereocenters. The highest BCUT2D eigenvalue weighted by atomic mass is 19.1. The Bertz CT molecular complexity index is 1250. The second-order valence-electron chi connectivity index (χ2n) is 8.35. The zero-order valence-electron chi connectivity index (χ0n) is 19.3. The summed E-state index contributed by atoms with van der Waals surface area (Å²) in [5, 5.41) is 10.7. The fourth-order valence-corrected chi connectivity index (χ4v) is 3.68. The molecule has 0 spiro atoms. The van der Waals surface area contributed by atoms with Gasteiger partial charge in [0.2, 0.25) is 5.91 Å². The number of anilines is 1. The number of nitrogens with zero attached hydrogens (tertiary/aromatic N) is 2. The molecular formula is C25H25FN6O3. The fourth-order valence-electron chi connectivity index (χ4n) is 3.68. The Morgan fingerprint density at radius 3 is 2.34 bits per heavy atom. The molecule has 1 fully saturated rings. The topological polar surface area (TPSA) is 125 Å². The largest absolute Gasteiger partial charge is 0.348 e. The van der Waals surface area contributed by atoms with Crippen molar-refractivity contribution in [1.82, 2.24) is 25.9 Å².